The number of aromatic nitrogens is 2. The largest absolute Gasteiger partial charge is 0.387 e. The van der Waals surface area contributed by atoms with E-state index < -0.39 is 35.8 Å². The van der Waals surface area contributed by atoms with Crippen LogP contribution in [0.25, 0.3) is 0 Å². The fraction of sp³-hybridized carbons (Fsp3) is 0.778. The highest BCUT2D eigenvalue weighted by Crippen LogP contribution is 2.28. The second kappa shape index (κ2) is 18.5. The minimum atomic E-state index is -1.34. The molecule has 4 atom stereocenters. The first-order chi connectivity index (χ1) is 17.5. The van der Waals surface area contributed by atoms with E-state index in [0.29, 0.717) is 6.61 Å². The summed E-state index contributed by atoms with van der Waals surface area (Å²) in [7, 11) is 0. The maximum absolute atomic E-state index is 11.9. The van der Waals surface area contributed by atoms with Gasteiger partial charge in [-0.05, 0) is 32.1 Å². The molecule has 0 amide bonds. The fourth-order valence-corrected chi connectivity index (χ4v) is 4.31. The van der Waals surface area contributed by atoms with Gasteiger partial charge in [-0.3, -0.25) is 14.3 Å². The minimum Gasteiger partial charge on any atom is -0.387 e. The number of nitrogens with one attached hydrogen (secondary N) is 1. The van der Waals surface area contributed by atoms with E-state index in [0.717, 1.165) is 29.9 Å². The zero-order valence-electron chi connectivity index (χ0n) is 21.8. The number of rotatable bonds is 20. The number of hydrogen-bond acceptors (Lipinski definition) is 7. The Morgan fingerprint density at radius 1 is 0.889 bits per heavy atom. The second-order valence-electron chi connectivity index (χ2n) is 9.61. The van der Waals surface area contributed by atoms with E-state index in [2.05, 4.69) is 24.1 Å². The Morgan fingerprint density at radius 2 is 1.50 bits per heavy atom. The van der Waals surface area contributed by atoms with Crippen LogP contribution in [0.3, 0.4) is 0 Å². The van der Waals surface area contributed by atoms with Crippen molar-refractivity contribution in [1.82, 2.24) is 9.55 Å². The highest BCUT2D eigenvalue weighted by Gasteiger charge is 2.44. The molecule has 206 valence electrons. The summed E-state index contributed by atoms with van der Waals surface area (Å²) in [5, 5.41) is 20.4. The molecule has 9 heteroatoms. The first-order valence-corrected chi connectivity index (χ1v) is 13.8. The maximum Gasteiger partial charge on any atom is 0.330 e. The molecule has 2 rings (SSSR count). The average Bonchev–Trinajstić information content (AvgIpc) is 3.14. The van der Waals surface area contributed by atoms with Crippen molar-refractivity contribution in [3.8, 4) is 0 Å². The Bertz CT molecular complexity index is 838. The molecule has 0 unspecified atom stereocenters. The molecule has 0 aromatic carbocycles. The van der Waals surface area contributed by atoms with Crippen LogP contribution in [-0.4, -0.2) is 51.3 Å². The number of nitrogens with zero attached hydrogens (tertiary/aromatic N) is 1. The first-order valence-electron chi connectivity index (χ1n) is 13.8. The van der Waals surface area contributed by atoms with Gasteiger partial charge in [-0.25, -0.2) is 14.6 Å². The van der Waals surface area contributed by atoms with Gasteiger partial charge < -0.3 is 14.9 Å². The SMILES string of the molecule is CCCCCCCC/C=C\CCCCCCCCOOC[C@H]1O[C@@H](n2ccc(=O)[nH]c2=O)[C@H](O)[C@@H]1O. The second-order valence-corrected chi connectivity index (χ2v) is 9.61. The predicted octanol–water partition coefficient (Wildman–Crippen LogP) is 4.14. The third-order valence-electron chi connectivity index (χ3n) is 6.52. The van der Waals surface area contributed by atoms with E-state index in [1.54, 1.807) is 0 Å². The molecular weight excluding hydrogens is 464 g/mol. The lowest BCUT2D eigenvalue weighted by molar-refractivity contribution is -0.310. The summed E-state index contributed by atoms with van der Waals surface area (Å²) in [6.45, 7) is 2.61. The highest BCUT2D eigenvalue weighted by molar-refractivity contribution is 4.93. The van der Waals surface area contributed by atoms with Crippen LogP contribution in [0, 0.1) is 0 Å². The molecular formula is C27H46N2O7. The quantitative estimate of drug-likeness (QED) is 0.104. The molecule has 1 fully saturated rings. The van der Waals surface area contributed by atoms with E-state index in [9.17, 15) is 19.8 Å². The molecule has 1 aromatic rings. The number of hydrogen-bond donors (Lipinski definition) is 3. The fourth-order valence-electron chi connectivity index (χ4n) is 4.31. The van der Waals surface area contributed by atoms with Crippen LogP contribution >= 0.6 is 0 Å². The van der Waals surface area contributed by atoms with Gasteiger partial charge in [0.1, 0.15) is 24.9 Å². The topological polar surface area (TPSA) is 123 Å². The van der Waals surface area contributed by atoms with Crippen molar-refractivity contribution in [2.75, 3.05) is 13.2 Å². The summed E-state index contributed by atoms with van der Waals surface area (Å²) in [4.78, 5) is 35.5. The Labute approximate surface area is 214 Å². The molecule has 0 aliphatic carbocycles. The van der Waals surface area contributed by atoms with Crippen molar-refractivity contribution in [1.29, 1.82) is 0 Å². The van der Waals surface area contributed by atoms with Gasteiger partial charge in [0.2, 0.25) is 0 Å². The van der Waals surface area contributed by atoms with Gasteiger partial charge in [0, 0.05) is 12.3 Å². The number of aliphatic hydroxyl groups is 2. The molecule has 0 bridgehead atoms. The Morgan fingerprint density at radius 3 is 2.14 bits per heavy atom. The van der Waals surface area contributed by atoms with E-state index in [4.69, 9.17) is 14.5 Å². The molecule has 36 heavy (non-hydrogen) atoms. The summed E-state index contributed by atoms with van der Waals surface area (Å²) in [6, 6.07) is 1.14. The van der Waals surface area contributed by atoms with Gasteiger partial charge in [0.25, 0.3) is 5.56 Å². The smallest absolute Gasteiger partial charge is 0.330 e. The molecule has 0 saturated carbocycles. The molecule has 0 spiro atoms. The molecule has 1 saturated heterocycles. The normalized spacial score (nSPS) is 22.1. The summed E-state index contributed by atoms with van der Waals surface area (Å²) in [5.74, 6) is 0. The summed E-state index contributed by atoms with van der Waals surface area (Å²) in [6.07, 6.45) is 18.7. The van der Waals surface area contributed by atoms with Crippen LogP contribution in [0.4, 0.5) is 0 Å². The van der Waals surface area contributed by atoms with Crippen LogP contribution in [0.1, 0.15) is 103 Å². The number of aliphatic hydroxyl groups excluding tert-OH is 2. The minimum absolute atomic E-state index is 0.0841. The lowest BCUT2D eigenvalue weighted by atomic mass is 10.1. The monoisotopic (exact) mass is 510 g/mol. The molecule has 2 heterocycles. The Kier molecular flexibility index (Phi) is 15.6. The van der Waals surface area contributed by atoms with Crippen LogP contribution in [0.2, 0.25) is 0 Å². The molecule has 3 N–H and O–H groups in total. The third kappa shape index (κ3) is 11.5. The van der Waals surface area contributed by atoms with Crippen LogP contribution in [0.5, 0.6) is 0 Å². The van der Waals surface area contributed by atoms with E-state index >= 15 is 0 Å². The number of H-pyrrole nitrogens is 1. The summed E-state index contributed by atoms with van der Waals surface area (Å²) in [5.41, 5.74) is -1.28. The number of ether oxygens (including phenoxy) is 1. The van der Waals surface area contributed by atoms with Gasteiger partial charge in [-0.15, -0.1) is 0 Å². The van der Waals surface area contributed by atoms with Gasteiger partial charge in [-0.2, -0.15) is 0 Å². The molecule has 1 aliphatic heterocycles. The summed E-state index contributed by atoms with van der Waals surface area (Å²) < 4.78 is 6.59. The zero-order valence-corrected chi connectivity index (χ0v) is 21.8. The van der Waals surface area contributed by atoms with E-state index in [-0.39, 0.29) is 6.61 Å². The van der Waals surface area contributed by atoms with E-state index in [1.807, 2.05) is 0 Å². The third-order valence-corrected chi connectivity index (χ3v) is 6.52. The summed E-state index contributed by atoms with van der Waals surface area (Å²) >= 11 is 0. The number of aromatic amines is 1. The standard InChI is InChI=1S/C27H46N2O7/c1-2-3-4-5-6-7-8-9-10-11-12-13-14-15-16-17-20-34-35-21-22-24(31)25(32)26(36-22)29-19-18-23(30)28-27(29)33/h9-10,18-19,22,24-26,31-32H,2-8,11-17,20-21H2,1H3,(H,28,30,33)/b10-9-/t22-,24-,25-,26-/m1/s1. The predicted molar refractivity (Wildman–Crippen MR) is 139 cm³/mol. The van der Waals surface area contributed by atoms with Crippen molar-refractivity contribution in [2.45, 2.75) is 121 Å². The molecule has 9 nitrogen and oxygen atoms in total. The number of allylic oxidation sites excluding steroid dienone is 2. The molecule has 1 aliphatic rings. The van der Waals surface area contributed by atoms with Crippen LogP contribution in [0.15, 0.2) is 34.0 Å². The Hall–Kier alpha value is -1.78. The van der Waals surface area contributed by atoms with Crippen molar-refractivity contribution >= 4 is 0 Å². The van der Waals surface area contributed by atoms with Gasteiger partial charge in [0.15, 0.2) is 6.23 Å². The highest BCUT2D eigenvalue weighted by atomic mass is 17.2. The van der Waals surface area contributed by atoms with Crippen LogP contribution in [-0.2, 0) is 14.5 Å². The number of unbranched alkanes of at least 4 members (excludes halogenated alkanes) is 12. The van der Waals surface area contributed by atoms with E-state index in [1.165, 1.54) is 76.8 Å². The zero-order chi connectivity index (χ0) is 26.0. The average molecular weight is 511 g/mol. The van der Waals surface area contributed by atoms with Gasteiger partial charge >= 0.3 is 5.69 Å². The molecule has 0 radical (unpaired) electrons. The lowest BCUT2D eigenvalue weighted by Crippen LogP contribution is -2.37. The van der Waals surface area contributed by atoms with Crippen LogP contribution < -0.4 is 11.2 Å². The Balaban J connectivity index is 1.42. The first kappa shape index (κ1) is 30.4. The van der Waals surface area contributed by atoms with Gasteiger partial charge in [0.05, 0.1) is 6.61 Å². The maximum atomic E-state index is 11.9. The lowest BCUT2D eigenvalue weighted by Gasteiger charge is -2.16. The van der Waals surface area contributed by atoms with Crippen molar-refractivity contribution < 1.29 is 24.7 Å². The van der Waals surface area contributed by atoms with Crippen molar-refractivity contribution in [2.24, 2.45) is 0 Å². The van der Waals surface area contributed by atoms with Crippen molar-refractivity contribution in [3.05, 3.63) is 45.3 Å². The van der Waals surface area contributed by atoms with Crippen molar-refractivity contribution in [3.63, 3.8) is 0 Å². The molecule has 1 aromatic heterocycles. The van der Waals surface area contributed by atoms with Gasteiger partial charge in [-0.1, -0.05) is 76.9 Å².